The Morgan fingerprint density at radius 2 is 0.588 bits per heavy atom. The number of aromatic nitrogens is 2. The molecule has 2 nitrogen and oxygen atoms in total. The summed E-state index contributed by atoms with van der Waals surface area (Å²) in [7, 11) is 0. The first kappa shape index (κ1) is 30.0. The summed E-state index contributed by atoms with van der Waals surface area (Å²) in [5.74, 6) is 0. The Hall–Kier alpha value is -5.84. The molecular formula is C48H34N2Sn. The molecule has 0 bridgehead atoms. The van der Waals surface area contributed by atoms with Gasteiger partial charge in [0, 0.05) is 0 Å². The van der Waals surface area contributed by atoms with E-state index in [0.717, 1.165) is 0 Å². The molecule has 2 aromatic heterocycles. The van der Waals surface area contributed by atoms with Crippen LogP contribution >= 0.6 is 0 Å². The standard InChI is InChI=1S/C30H19N2.3C6H5.Sn/c1-2-10-21(11-3-1)31-29-17-9-6-14-25(29)26-20-22(18-19-30(26)31)32-27-15-7-4-12-23(27)24-13-5-8-16-28(24)32;3*1-2-4-6-5-3-1;/h2-20H;3*1-5H;. The molecule has 0 radical (unpaired) electrons. The zero-order valence-corrected chi connectivity index (χ0v) is 30.9. The van der Waals surface area contributed by atoms with E-state index in [2.05, 4.69) is 215 Å². The molecule has 0 atom stereocenters. The molecule has 0 spiro atoms. The Labute approximate surface area is 301 Å². The van der Waals surface area contributed by atoms with Gasteiger partial charge in [-0.25, -0.2) is 0 Å². The van der Waals surface area contributed by atoms with Gasteiger partial charge in [-0.15, -0.1) is 0 Å². The van der Waals surface area contributed by atoms with Crippen LogP contribution in [0.4, 0.5) is 0 Å². The summed E-state index contributed by atoms with van der Waals surface area (Å²) in [5.41, 5.74) is 7.21. The third kappa shape index (κ3) is 4.63. The average Bonchev–Trinajstić information content (AvgIpc) is 3.72. The van der Waals surface area contributed by atoms with E-state index in [1.807, 2.05) is 0 Å². The van der Waals surface area contributed by atoms with E-state index in [1.165, 1.54) is 69.3 Å². The van der Waals surface area contributed by atoms with Crippen molar-refractivity contribution in [1.82, 2.24) is 9.13 Å². The van der Waals surface area contributed by atoms with E-state index in [4.69, 9.17) is 0 Å². The van der Waals surface area contributed by atoms with Crippen LogP contribution in [-0.4, -0.2) is 27.5 Å². The van der Waals surface area contributed by atoms with E-state index in [0.29, 0.717) is 0 Å². The normalized spacial score (nSPS) is 11.9. The second-order valence-corrected chi connectivity index (χ2v) is 24.2. The monoisotopic (exact) mass is 758 g/mol. The molecule has 0 unspecified atom stereocenters. The van der Waals surface area contributed by atoms with Crippen LogP contribution in [0.5, 0.6) is 0 Å². The SMILES string of the molecule is c1cc[c]([Sn]([c]2ccccc2)([c]2ccccc2)[c]2ccc(-n3c4ccccc4c4cc(-n5c6ccccc6c6ccccc65)ccc43)cc2)cc1. The maximum absolute atomic E-state index is 3.70. The number of hydrogen-bond donors (Lipinski definition) is 0. The molecule has 8 aromatic carbocycles. The molecule has 10 aromatic rings. The maximum atomic E-state index is 2.44. The summed E-state index contributed by atoms with van der Waals surface area (Å²) >= 11 is -3.70. The summed E-state index contributed by atoms with van der Waals surface area (Å²) in [6, 6.07) is 76.5. The van der Waals surface area contributed by atoms with Crippen LogP contribution in [0.15, 0.2) is 206 Å². The van der Waals surface area contributed by atoms with Crippen LogP contribution in [0.3, 0.4) is 0 Å². The van der Waals surface area contributed by atoms with Crippen LogP contribution in [0.2, 0.25) is 0 Å². The first-order valence-corrected chi connectivity index (χ1v) is 23.3. The first-order chi connectivity index (χ1) is 25.3. The summed E-state index contributed by atoms with van der Waals surface area (Å²) in [5, 5.41) is 5.06. The van der Waals surface area contributed by atoms with Gasteiger partial charge in [0.25, 0.3) is 0 Å². The first-order valence-electron chi connectivity index (χ1n) is 17.6. The molecule has 0 N–H and O–H groups in total. The molecule has 2 heterocycles. The van der Waals surface area contributed by atoms with E-state index >= 15 is 0 Å². The van der Waals surface area contributed by atoms with E-state index < -0.39 is 18.4 Å². The number of fused-ring (bicyclic) bond motifs is 6. The fourth-order valence-corrected chi connectivity index (χ4v) is 22.0. The number of rotatable bonds is 6. The van der Waals surface area contributed by atoms with Gasteiger partial charge in [-0.3, -0.25) is 0 Å². The van der Waals surface area contributed by atoms with Crippen molar-refractivity contribution in [3.63, 3.8) is 0 Å². The summed E-state index contributed by atoms with van der Waals surface area (Å²) < 4.78 is 10.6. The van der Waals surface area contributed by atoms with E-state index in [-0.39, 0.29) is 0 Å². The molecule has 10 rings (SSSR count). The van der Waals surface area contributed by atoms with Crippen molar-refractivity contribution in [2.75, 3.05) is 0 Å². The molecule has 3 heteroatoms. The minimum atomic E-state index is -3.70. The minimum absolute atomic E-state index is 1.17. The second-order valence-electron chi connectivity index (χ2n) is 13.3. The van der Waals surface area contributed by atoms with Gasteiger partial charge in [0.15, 0.2) is 0 Å². The Kier molecular flexibility index (Phi) is 7.17. The predicted octanol–water partition coefficient (Wildman–Crippen LogP) is 9.26. The third-order valence-electron chi connectivity index (χ3n) is 10.7. The van der Waals surface area contributed by atoms with Crippen LogP contribution in [0, 0.1) is 0 Å². The van der Waals surface area contributed by atoms with Crippen molar-refractivity contribution >= 4 is 76.3 Å². The van der Waals surface area contributed by atoms with E-state index in [1.54, 1.807) is 0 Å². The van der Waals surface area contributed by atoms with Crippen molar-refractivity contribution in [2.24, 2.45) is 0 Å². The van der Waals surface area contributed by atoms with Gasteiger partial charge in [-0.05, 0) is 0 Å². The molecule has 51 heavy (non-hydrogen) atoms. The van der Waals surface area contributed by atoms with Crippen LogP contribution in [0.25, 0.3) is 55.0 Å². The fourth-order valence-electron chi connectivity index (χ4n) is 8.50. The number of nitrogens with zero attached hydrogens (tertiary/aromatic N) is 2. The quantitative estimate of drug-likeness (QED) is 0.150. The van der Waals surface area contributed by atoms with Crippen LogP contribution in [0.1, 0.15) is 0 Å². The average molecular weight is 758 g/mol. The zero-order valence-electron chi connectivity index (χ0n) is 28.0. The van der Waals surface area contributed by atoms with Crippen LogP contribution in [-0.2, 0) is 0 Å². The third-order valence-corrected chi connectivity index (χ3v) is 24.4. The van der Waals surface area contributed by atoms with Crippen molar-refractivity contribution in [3.05, 3.63) is 206 Å². The second kappa shape index (κ2) is 12.2. The summed E-state index contributed by atoms with van der Waals surface area (Å²) in [4.78, 5) is 0. The molecule has 0 fully saturated rings. The molecule has 0 aliphatic carbocycles. The molecule has 0 amide bonds. The Bertz CT molecular complexity index is 2680. The van der Waals surface area contributed by atoms with Crippen molar-refractivity contribution < 1.29 is 0 Å². The van der Waals surface area contributed by atoms with Gasteiger partial charge in [0.2, 0.25) is 0 Å². The van der Waals surface area contributed by atoms with Crippen molar-refractivity contribution in [3.8, 4) is 11.4 Å². The van der Waals surface area contributed by atoms with Crippen LogP contribution < -0.4 is 14.3 Å². The predicted molar refractivity (Wildman–Crippen MR) is 219 cm³/mol. The van der Waals surface area contributed by atoms with Gasteiger partial charge in [-0.2, -0.15) is 0 Å². The Morgan fingerprint density at radius 3 is 1.06 bits per heavy atom. The van der Waals surface area contributed by atoms with Gasteiger partial charge in [0.1, 0.15) is 0 Å². The summed E-state index contributed by atoms with van der Waals surface area (Å²) in [6.07, 6.45) is 0. The van der Waals surface area contributed by atoms with Gasteiger partial charge in [0.05, 0.1) is 0 Å². The van der Waals surface area contributed by atoms with Gasteiger partial charge < -0.3 is 0 Å². The molecule has 0 saturated carbocycles. The Morgan fingerprint density at radius 1 is 0.255 bits per heavy atom. The zero-order chi connectivity index (χ0) is 33.8. The Balaban J connectivity index is 1.18. The van der Waals surface area contributed by atoms with Crippen molar-refractivity contribution in [2.45, 2.75) is 0 Å². The fraction of sp³-hybridized carbons (Fsp3) is 0. The number of para-hydroxylation sites is 3. The molecular weight excluding hydrogens is 723 g/mol. The van der Waals surface area contributed by atoms with E-state index in [9.17, 15) is 0 Å². The molecule has 240 valence electrons. The molecule has 0 aliphatic rings. The van der Waals surface area contributed by atoms with Gasteiger partial charge in [-0.1, -0.05) is 36.4 Å². The molecule has 0 saturated heterocycles. The summed E-state index contributed by atoms with van der Waals surface area (Å²) in [6.45, 7) is 0. The van der Waals surface area contributed by atoms with Crippen molar-refractivity contribution in [1.29, 1.82) is 0 Å². The van der Waals surface area contributed by atoms with Gasteiger partial charge >= 0.3 is 267 Å². The number of benzene rings is 8. The molecule has 0 aliphatic heterocycles. The number of hydrogen-bond acceptors (Lipinski definition) is 0. The topological polar surface area (TPSA) is 9.86 Å².